The lowest BCUT2D eigenvalue weighted by Crippen LogP contribution is -2.66. The minimum Gasteiger partial charge on any atom is -0.429 e. The van der Waals surface area contributed by atoms with Crippen molar-refractivity contribution >= 4 is 5.97 Å². The molecule has 0 spiro atoms. The van der Waals surface area contributed by atoms with Crippen LogP contribution in [-0.4, -0.2) is 39.3 Å². The summed E-state index contributed by atoms with van der Waals surface area (Å²) in [6.45, 7) is 8.43. The minimum absolute atomic E-state index is 0.0953. The van der Waals surface area contributed by atoms with Crippen molar-refractivity contribution < 1.29 is 24.9 Å². The number of cyclic esters (lactones) is 1. The van der Waals surface area contributed by atoms with Crippen LogP contribution in [0.1, 0.15) is 66.2 Å². The number of esters is 1. The molecule has 2 saturated carbocycles. The van der Waals surface area contributed by atoms with Crippen molar-refractivity contribution in [3.05, 3.63) is 11.6 Å². The van der Waals surface area contributed by atoms with Crippen LogP contribution < -0.4 is 0 Å². The van der Waals surface area contributed by atoms with Crippen LogP contribution >= 0.6 is 0 Å². The van der Waals surface area contributed by atoms with Gasteiger partial charge in [-0.3, -0.25) is 0 Å². The molecule has 6 atom stereocenters. The summed E-state index contributed by atoms with van der Waals surface area (Å²) in [6, 6.07) is 0. The van der Waals surface area contributed by atoms with E-state index in [0.717, 1.165) is 19.3 Å². The number of rotatable bonds is 3. The van der Waals surface area contributed by atoms with Gasteiger partial charge in [-0.05, 0) is 55.8 Å². The first-order chi connectivity index (χ1) is 11.5. The summed E-state index contributed by atoms with van der Waals surface area (Å²) >= 11 is 0. The summed E-state index contributed by atoms with van der Waals surface area (Å²) < 4.78 is 4.79. The molecule has 1 aliphatic heterocycles. The first-order valence-electron chi connectivity index (χ1n) is 9.52. The largest absolute Gasteiger partial charge is 0.429 e. The number of aliphatic hydroxyl groups is 3. The molecule has 2 unspecified atom stereocenters. The summed E-state index contributed by atoms with van der Waals surface area (Å²) in [7, 11) is 0. The molecule has 0 bridgehead atoms. The predicted octanol–water partition coefficient (Wildman–Crippen LogP) is 2.53. The molecule has 0 aromatic carbocycles. The van der Waals surface area contributed by atoms with Crippen LogP contribution in [0.2, 0.25) is 0 Å². The lowest BCUT2D eigenvalue weighted by atomic mass is 9.45. The fourth-order valence-corrected chi connectivity index (χ4v) is 5.62. The van der Waals surface area contributed by atoms with Gasteiger partial charge in [0.25, 0.3) is 0 Å². The molecule has 3 N–H and O–H groups in total. The highest BCUT2D eigenvalue weighted by molar-refractivity contribution is 5.85. The lowest BCUT2D eigenvalue weighted by Gasteiger charge is -2.63. The van der Waals surface area contributed by atoms with Crippen molar-refractivity contribution in [3.63, 3.8) is 0 Å². The van der Waals surface area contributed by atoms with Gasteiger partial charge in [-0.15, -0.1) is 0 Å². The highest BCUT2D eigenvalue weighted by Crippen LogP contribution is 2.62. The van der Waals surface area contributed by atoms with Crippen molar-refractivity contribution in [2.75, 3.05) is 0 Å². The Morgan fingerprint density at radius 3 is 2.48 bits per heavy atom. The number of hydrogen-bond donors (Lipinski definition) is 3. The second-order valence-corrected chi connectivity index (χ2v) is 9.25. The molecule has 25 heavy (non-hydrogen) atoms. The van der Waals surface area contributed by atoms with Gasteiger partial charge in [-0.2, -0.15) is 0 Å². The fraction of sp³-hybridized carbons (Fsp3) is 0.850. The van der Waals surface area contributed by atoms with Crippen LogP contribution in [0, 0.1) is 22.7 Å². The summed E-state index contributed by atoms with van der Waals surface area (Å²) in [5.41, 5.74) is -0.914. The Balaban J connectivity index is 1.86. The van der Waals surface area contributed by atoms with Crippen molar-refractivity contribution in [2.45, 2.75) is 84.2 Å². The highest BCUT2D eigenvalue weighted by Gasteiger charge is 2.63. The average Bonchev–Trinajstić information content (AvgIpc) is 2.85. The van der Waals surface area contributed by atoms with Gasteiger partial charge in [0.2, 0.25) is 6.29 Å². The minimum atomic E-state index is -1.13. The molecule has 0 amide bonds. The third kappa shape index (κ3) is 2.75. The van der Waals surface area contributed by atoms with E-state index in [1.165, 1.54) is 6.08 Å². The molecular formula is C20H32O5. The van der Waals surface area contributed by atoms with Crippen LogP contribution in [-0.2, 0) is 9.53 Å². The number of carbonyl (C=O) groups is 1. The molecule has 142 valence electrons. The third-order valence-electron chi connectivity index (χ3n) is 7.93. The predicted molar refractivity (Wildman–Crippen MR) is 93.4 cm³/mol. The molecule has 2 aliphatic carbocycles. The van der Waals surface area contributed by atoms with Crippen LogP contribution in [0.25, 0.3) is 0 Å². The van der Waals surface area contributed by atoms with Crippen LogP contribution in [0.5, 0.6) is 0 Å². The SMILES string of the molecule is C[C@@H]1CC[C@@]2(O)C(CC[C@H](O)C2(C)C)[C@@]1(C)CCC1=CC(=O)OC1O. The fourth-order valence-electron chi connectivity index (χ4n) is 5.62. The van der Waals surface area contributed by atoms with Gasteiger partial charge in [-0.25, -0.2) is 4.79 Å². The van der Waals surface area contributed by atoms with Gasteiger partial charge in [0.1, 0.15) is 0 Å². The Kier molecular flexibility index (Phi) is 4.58. The van der Waals surface area contributed by atoms with Gasteiger partial charge in [-0.1, -0.05) is 27.7 Å². The Labute approximate surface area is 150 Å². The summed E-state index contributed by atoms with van der Waals surface area (Å²) in [5, 5.41) is 32.0. The molecule has 0 radical (unpaired) electrons. The highest BCUT2D eigenvalue weighted by atomic mass is 16.6. The van der Waals surface area contributed by atoms with E-state index in [1.54, 1.807) is 0 Å². The molecule has 0 aromatic heterocycles. The van der Waals surface area contributed by atoms with Gasteiger partial charge in [0.05, 0.1) is 11.7 Å². The Hall–Kier alpha value is -0.910. The quantitative estimate of drug-likeness (QED) is 0.680. The first-order valence-corrected chi connectivity index (χ1v) is 9.52. The molecule has 3 rings (SSSR count). The molecule has 2 fully saturated rings. The Morgan fingerprint density at radius 1 is 1.20 bits per heavy atom. The lowest BCUT2D eigenvalue weighted by molar-refractivity contribution is -0.243. The van der Waals surface area contributed by atoms with E-state index in [2.05, 4.69) is 13.8 Å². The second kappa shape index (κ2) is 6.07. The molecule has 0 saturated heterocycles. The summed E-state index contributed by atoms with van der Waals surface area (Å²) in [5.74, 6) is 0.0419. The normalized spacial score (nSPS) is 46.4. The van der Waals surface area contributed by atoms with E-state index < -0.39 is 29.4 Å². The molecule has 1 heterocycles. The number of ether oxygens (including phenoxy) is 1. The second-order valence-electron chi connectivity index (χ2n) is 9.25. The van der Waals surface area contributed by atoms with Gasteiger partial charge >= 0.3 is 5.97 Å². The topological polar surface area (TPSA) is 87.0 Å². The Morgan fingerprint density at radius 2 is 1.88 bits per heavy atom. The molecule has 3 aliphatic rings. The van der Waals surface area contributed by atoms with E-state index >= 15 is 0 Å². The third-order valence-corrected chi connectivity index (χ3v) is 7.93. The first kappa shape index (κ1) is 18.9. The zero-order valence-corrected chi connectivity index (χ0v) is 15.8. The number of fused-ring (bicyclic) bond motifs is 1. The van der Waals surface area contributed by atoms with Crippen LogP contribution in [0.4, 0.5) is 0 Å². The maximum Gasteiger partial charge on any atom is 0.333 e. The van der Waals surface area contributed by atoms with Crippen molar-refractivity contribution in [2.24, 2.45) is 22.7 Å². The van der Waals surface area contributed by atoms with Crippen molar-refractivity contribution in [3.8, 4) is 0 Å². The average molecular weight is 352 g/mol. The number of aliphatic hydroxyl groups excluding tert-OH is 2. The zero-order valence-electron chi connectivity index (χ0n) is 15.8. The van der Waals surface area contributed by atoms with E-state index in [9.17, 15) is 20.1 Å². The molecule has 0 aromatic rings. The van der Waals surface area contributed by atoms with Crippen molar-refractivity contribution in [1.29, 1.82) is 0 Å². The maximum atomic E-state index is 11.6. The summed E-state index contributed by atoms with van der Waals surface area (Å²) in [4.78, 5) is 11.3. The van der Waals surface area contributed by atoms with Crippen LogP contribution in [0.3, 0.4) is 0 Å². The standard InChI is InChI=1S/C20H32O5/c1-12-7-10-20(24)14(5-6-15(21)18(20,2)3)19(12,4)9-8-13-11-16(22)25-17(13)23/h11-12,14-15,17,21,23-24H,5-10H2,1-4H3/t12-,14?,15+,17?,19+,20-/m1/s1. The van der Waals surface area contributed by atoms with E-state index in [1.807, 2.05) is 13.8 Å². The van der Waals surface area contributed by atoms with E-state index in [0.29, 0.717) is 30.8 Å². The van der Waals surface area contributed by atoms with Crippen LogP contribution in [0.15, 0.2) is 11.6 Å². The molecular weight excluding hydrogens is 320 g/mol. The van der Waals surface area contributed by atoms with E-state index in [4.69, 9.17) is 4.74 Å². The molecule has 5 nitrogen and oxygen atoms in total. The maximum absolute atomic E-state index is 11.6. The summed E-state index contributed by atoms with van der Waals surface area (Å²) in [6.07, 6.45) is 4.28. The number of carbonyl (C=O) groups excluding carboxylic acids is 1. The van der Waals surface area contributed by atoms with Gasteiger partial charge in [0, 0.05) is 17.1 Å². The van der Waals surface area contributed by atoms with E-state index in [-0.39, 0.29) is 11.3 Å². The molecule has 5 heteroatoms. The van der Waals surface area contributed by atoms with Gasteiger partial charge < -0.3 is 20.1 Å². The smallest absolute Gasteiger partial charge is 0.333 e. The van der Waals surface area contributed by atoms with Crippen molar-refractivity contribution in [1.82, 2.24) is 0 Å². The number of hydrogen-bond acceptors (Lipinski definition) is 5. The Bertz CT molecular complexity index is 583. The monoisotopic (exact) mass is 352 g/mol. The van der Waals surface area contributed by atoms with Gasteiger partial charge in [0.15, 0.2) is 0 Å². The zero-order chi connectivity index (χ0) is 18.6.